The molecule has 0 saturated carbocycles. The molecule has 0 fully saturated rings. The summed E-state index contributed by atoms with van der Waals surface area (Å²) in [4.78, 5) is 13.6. The average Bonchev–Trinajstić information content (AvgIpc) is 3.73. The van der Waals surface area contributed by atoms with Crippen LogP contribution in [-0.2, 0) is 0 Å². The number of aromatic nitrogens is 2. The van der Waals surface area contributed by atoms with E-state index in [-0.39, 0.29) is 36.9 Å². The van der Waals surface area contributed by atoms with Gasteiger partial charge in [0.25, 0.3) is 0 Å². The summed E-state index contributed by atoms with van der Waals surface area (Å²) in [6.07, 6.45) is 0. The summed E-state index contributed by atoms with van der Waals surface area (Å²) < 4.78 is 4.62. The second-order valence-electron chi connectivity index (χ2n) is 13.2. The van der Waals surface area contributed by atoms with Crippen molar-refractivity contribution in [2.45, 2.75) is 0 Å². The Balaban J connectivity index is 0.00000372. The molecule has 0 N–H and O–H groups in total. The van der Waals surface area contributed by atoms with Gasteiger partial charge in [0.1, 0.15) is 0 Å². The van der Waals surface area contributed by atoms with Crippen LogP contribution in [0.25, 0.3) is 77.2 Å². The predicted octanol–water partition coefficient (Wildman–Crippen LogP) is 12.0. The van der Waals surface area contributed by atoms with Gasteiger partial charge in [0.2, 0.25) is 0 Å². The van der Waals surface area contributed by atoms with Crippen LogP contribution in [0, 0.1) is 43.2 Å². The number of benzene rings is 8. The van der Waals surface area contributed by atoms with Gasteiger partial charge in [0.05, 0.1) is 27.9 Å². The molecule has 0 amide bonds. The molecule has 0 radical (unpaired) electrons. The molecule has 0 spiro atoms. The van der Waals surface area contributed by atoms with Crippen LogP contribution in [0.3, 0.4) is 0 Å². The number of carbonyl (C=O) groups excluding carboxylic acids is 1. The van der Waals surface area contributed by atoms with Gasteiger partial charge in [-0.25, -0.2) is 0 Å². The Morgan fingerprint density at radius 3 is 1.17 bits per heavy atom. The van der Waals surface area contributed by atoms with Gasteiger partial charge in [0, 0.05) is 32.9 Å². The number of nitrogens with zero attached hydrogens (tertiary/aromatic N) is 2. The summed E-state index contributed by atoms with van der Waals surface area (Å²) in [5, 5.41) is 4.79. The van der Waals surface area contributed by atoms with E-state index < -0.39 is 0 Å². The zero-order chi connectivity index (χ0) is 34.6. The van der Waals surface area contributed by atoms with Crippen molar-refractivity contribution in [3.05, 3.63) is 205 Å². The summed E-state index contributed by atoms with van der Waals surface area (Å²) in [5.41, 5.74) is 12.2. The van der Waals surface area contributed by atoms with Crippen molar-refractivity contribution >= 4 is 49.4 Å². The van der Waals surface area contributed by atoms with Crippen molar-refractivity contribution in [3.8, 4) is 33.6 Å². The van der Waals surface area contributed by atoms with Crippen LogP contribution in [0.1, 0.15) is 15.9 Å². The molecule has 246 valence electrons. The zero-order valence-electron chi connectivity index (χ0n) is 28.6. The third-order valence-electron chi connectivity index (χ3n) is 10.2. The van der Waals surface area contributed by atoms with E-state index in [0.717, 1.165) is 44.7 Å². The Labute approximate surface area is 331 Å². The number of ketones is 1. The molecule has 0 atom stereocenters. The van der Waals surface area contributed by atoms with Crippen LogP contribution < -0.4 is 0 Å². The molecule has 53 heavy (non-hydrogen) atoms. The summed E-state index contributed by atoms with van der Waals surface area (Å²) in [6, 6.07) is 69.3. The molecular weight excluding hydrogens is 871 g/mol. The van der Waals surface area contributed by atoms with Crippen LogP contribution >= 0.6 is 0 Å². The van der Waals surface area contributed by atoms with E-state index in [4.69, 9.17) is 0 Å². The monoisotopic (exact) mass is 900 g/mol. The van der Waals surface area contributed by atoms with Crippen LogP contribution in [0.4, 0.5) is 0 Å². The molecule has 2 heterocycles. The number of fused-ring (bicyclic) bond motifs is 6. The minimum absolute atomic E-state index is 0. The van der Waals surface area contributed by atoms with E-state index in [1.807, 2.05) is 48.5 Å². The van der Waals surface area contributed by atoms with Crippen molar-refractivity contribution < 1.29 is 35.9 Å². The maximum absolute atomic E-state index is 13.6. The molecule has 0 bridgehead atoms. The molecule has 10 aromatic rings. The molecule has 0 aliphatic heterocycles. The van der Waals surface area contributed by atoms with Gasteiger partial charge in [-0.05, 0) is 48.5 Å². The molecular formula is C49H30N2OU. The van der Waals surface area contributed by atoms with Crippen molar-refractivity contribution in [1.29, 1.82) is 0 Å². The van der Waals surface area contributed by atoms with Crippen LogP contribution in [0.15, 0.2) is 182 Å². The Morgan fingerprint density at radius 2 is 0.755 bits per heavy atom. The fourth-order valence-electron chi connectivity index (χ4n) is 7.65. The van der Waals surface area contributed by atoms with Crippen molar-refractivity contribution in [3.63, 3.8) is 0 Å². The molecule has 0 unspecified atom stereocenters. The first kappa shape index (κ1) is 33.0. The average molecular weight is 901 g/mol. The third kappa shape index (κ3) is 5.63. The first-order chi connectivity index (χ1) is 25.7. The number of hydrogen-bond donors (Lipinski definition) is 0. The summed E-state index contributed by atoms with van der Waals surface area (Å²) in [5.74, 6) is -0.0964. The molecule has 10 rings (SSSR count). The third-order valence-corrected chi connectivity index (χ3v) is 10.2. The fourth-order valence-corrected chi connectivity index (χ4v) is 7.65. The number of para-hydroxylation sites is 4. The molecule has 0 aliphatic carbocycles. The second kappa shape index (κ2) is 13.6. The second-order valence-corrected chi connectivity index (χ2v) is 13.2. The van der Waals surface area contributed by atoms with Gasteiger partial charge in [-0.1, -0.05) is 119 Å². The summed E-state index contributed by atoms with van der Waals surface area (Å²) in [6.45, 7) is 0. The zero-order valence-corrected chi connectivity index (χ0v) is 32.8. The molecule has 3 nitrogen and oxygen atoms in total. The van der Waals surface area contributed by atoms with Crippen molar-refractivity contribution in [2.75, 3.05) is 0 Å². The van der Waals surface area contributed by atoms with Crippen LogP contribution in [0.5, 0.6) is 0 Å². The predicted molar refractivity (Wildman–Crippen MR) is 214 cm³/mol. The normalized spacial score (nSPS) is 11.3. The molecule has 0 saturated heterocycles. The molecule has 2 aromatic heterocycles. The molecule has 0 aliphatic rings. The van der Waals surface area contributed by atoms with Crippen molar-refractivity contribution in [2.24, 2.45) is 0 Å². The number of carbonyl (C=O) groups is 1. The standard InChI is InChI=1S/C49H30N2O.U/c52-49(35-23-19-33(20-24-35)37-27-29-47-43(31-37)41-15-7-9-17-45(41)50(47)39-11-3-1-4-12-39)36-25-21-34(22-26-36)38-28-30-48-44(32-38)42-16-8-10-18-46(42)51(48)40-13-5-2-6-14-40;/h1-23,25,27-32H;/q-2;+2. The van der Waals surface area contributed by atoms with Gasteiger partial charge in [-0.15, -0.1) is 59.7 Å². The van der Waals surface area contributed by atoms with E-state index in [0.29, 0.717) is 11.1 Å². The quantitative estimate of drug-likeness (QED) is 0.121. The topological polar surface area (TPSA) is 26.9 Å². The Kier molecular flexibility index (Phi) is 8.44. The van der Waals surface area contributed by atoms with Gasteiger partial charge in [-0.2, -0.15) is 0 Å². The number of hydrogen-bond acceptors (Lipinski definition) is 1. The van der Waals surface area contributed by atoms with E-state index in [1.54, 1.807) is 0 Å². The Morgan fingerprint density at radius 1 is 0.377 bits per heavy atom. The Bertz CT molecular complexity index is 2740. The maximum atomic E-state index is 13.6. The first-order valence-electron chi connectivity index (χ1n) is 17.5. The van der Waals surface area contributed by atoms with Crippen molar-refractivity contribution in [1.82, 2.24) is 9.13 Å². The summed E-state index contributed by atoms with van der Waals surface area (Å²) in [7, 11) is 0. The van der Waals surface area contributed by atoms with E-state index >= 15 is 0 Å². The van der Waals surface area contributed by atoms with Gasteiger partial charge in [-0.3, -0.25) is 0 Å². The van der Waals surface area contributed by atoms with Gasteiger partial charge in [0.15, 0.2) is 0 Å². The smallest absolute Gasteiger partial charge is 0.348 e. The van der Waals surface area contributed by atoms with Crippen LogP contribution in [-0.4, -0.2) is 14.9 Å². The SMILES string of the molecule is O=C(c1[c-]cc(-c2ccc3c(c2)c2ccccc2n3-c2ccccc2)cc1)c1[c-]cc(-c2ccc3c(c2)c2ccccc2n3-c2ccccc2)cc1.[U+2]. The van der Waals surface area contributed by atoms with E-state index in [1.165, 1.54) is 32.6 Å². The van der Waals surface area contributed by atoms with Gasteiger partial charge < -0.3 is 13.9 Å². The minimum Gasteiger partial charge on any atom is -0.348 e. The first-order valence-corrected chi connectivity index (χ1v) is 17.5. The summed E-state index contributed by atoms with van der Waals surface area (Å²) >= 11 is 0. The molecule has 4 heteroatoms. The molecule has 8 aromatic carbocycles. The minimum atomic E-state index is -0.0964. The van der Waals surface area contributed by atoms with E-state index in [9.17, 15) is 4.79 Å². The van der Waals surface area contributed by atoms with Crippen LogP contribution in [0.2, 0.25) is 0 Å². The number of rotatable bonds is 6. The largest absolute Gasteiger partial charge is 2.00 e. The maximum Gasteiger partial charge on any atom is 2.00 e. The fraction of sp³-hybridized carbons (Fsp3) is 0. The van der Waals surface area contributed by atoms with E-state index in [2.05, 4.69) is 155 Å². The van der Waals surface area contributed by atoms with Gasteiger partial charge >= 0.3 is 31.1 Å². The Hall–Kier alpha value is -5.92.